The topological polar surface area (TPSA) is 55.4 Å². The molecule has 1 aliphatic heterocycles. The monoisotopic (exact) mass is 349 g/mol. The smallest absolute Gasteiger partial charge is 0.240 e. The van der Waals surface area contributed by atoms with Gasteiger partial charge in [-0.05, 0) is 50.1 Å². The summed E-state index contributed by atoms with van der Waals surface area (Å²) in [5, 5.41) is 0. The molecule has 0 aliphatic carbocycles. The molecular formula is C17H19NO3S2. The van der Waals surface area contributed by atoms with Crippen molar-refractivity contribution in [3.8, 4) is 5.75 Å². The highest BCUT2D eigenvalue weighted by Crippen LogP contribution is 2.36. The van der Waals surface area contributed by atoms with Crippen LogP contribution in [0.5, 0.6) is 5.75 Å². The standard InChI is InChI=1S/C17H19NO3S2/c1-12-3-6-15(7-4-12)23(19,20)18-13(2)9-14-5-8-16-17(10-14)22-11-21-16/h3-8,10,13,18H,9,11H2,1-2H3/t13-/m1/s1. The fraction of sp³-hybridized carbons (Fsp3) is 0.294. The van der Waals surface area contributed by atoms with E-state index in [0.717, 1.165) is 21.8 Å². The third-order valence-corrected chi connectivity index (χ3v) is 6.14. The zero-order valence-electron chi connectivity index (χ0n) is 13.1. The lowest BCUT2D eigenvalue weighted by Gasteiger charge is -2.15. The van der Waals surface area contributed by atoms with Crippen LogP contribution in [0.3, 0.4) is 0 Å². The van der Waals surface area contributed by atoms with Crippen LogP contribution in [-0.2, 0) is 16.4 Å². The lowest BCUT2D eigenvalue weighted by Crippen LogP contribution is -2.34. The maximum Gasteiger partial charge on any atom is 0.240 e. The van der Waals surface area contributed by atoms with Gasteiger partial charge in [0.2, 0.25) is 10.0 Å². The maximum atomic E-state index is 12.4. The van der Waals surface area contributed by atoms with Crippen molar-refractivity contribution in [2.45, 2.75) is 36.1 Å². The SMILES string of the molecule is Cc1ccc(S(=O)(=O)N[C@H](C)Cc2ccc3c(c2)SCO3)cc1. The van der Waals surface area contributed by atoms with E-state index in [1.807, 2.05) is 26.0 Å². The summed E-state index contributed by atoms with van der Waals surface area (Å²) < 4.78 is 33.0. The van der Waals surface area contributed by atoms with Crippen molar-refractivity contribution in [3.63, 3.8) is 0 Å². The van der Waals surface area contributed by atoms with E-state index in [2.05, 4.69) is 10.8 Å². The molecule has 1 heterocycles. The molecule has 23 heavy (non-hydrogen) atoms. The molecule has 1 atom stereocenters. The highest BCUT2D eigenvalue weighted by atomic mass is 32.2. The number of ether oxygens (including phenoxy) is 1. The Morgan fingerprint density at radius 3 is 2.70 bits per heavy atom. The second-order valence-electron chi connectivity index (χ2n) is 5.73. The average Bonchev–Trinajstić information content (AvgIpc) is 2.94. The number of nitrogens with one attached hydrogen (secondary N) is 1. The highest BCUT2D eigenvalue weighted by Gasteiger charge is 2.18. The van der Waals surface area contributed by atoms with Crippen LogP contribution in [0.1, 0.15) is 18.1 Å². The second kappa shape index (κ2) is 6.55. The summed E-state index contributed by atoms with van der Waals surface area (Å²) in [5.74, 6) is 1.56. The summed E-state index contributed by atoms with van der Waals surface area (Å²) in [7, 11) is -3.49. The van der Waals surface area contributed by atoms with Crippen LogP contribution in [0.2, 0.25) is 0 Å². The van der Waals surface area contributed by atoms with Gasteiger partial charge in [-0.1, -0.05) is 35.5 Å². The van der Waals surface area contributed by atoms with Gasteiger partial charge < -0.3 is 4.74 Å². The van der Waals surface area contributed by atoms with Crippen LogP contribution in [0.15, 0.2) is 52.3 Å². The quantitative estimate of drug-likeness (QED) is 0.899. The van der Waals surface area contributed by atoms with Crippen molar-refractivity contribution in [1.29, 1.82) is 0 Å². The highest BCUT2D eigenvalue weighted by molar-refractivity contribution is 7.99. The zero-order valence-corrected chi connectivity index (χ0v) is 14.7. The van der Waals surface area contributed by atoms with Crippen molar-refractivity contribution in [3.05, 3.63) is 53.6 Å². The van der Waals surface area contributed by atoms with Crippen molar-refractivity contribution < 1.29 is 13.2 Å². The fourth-order valence-corrected chi connectivity index (χ4v) is 4.57. The van der Waals surface area contributed by atoms with E-state index in [1.54, 1.807) is 36.0 Å². The van der Waals surface area contributed by atoms with Gasteiger partial charge in [0.25, 0.3) is 0 Å². The number of sulfonamides is 1. The van der Waals surface area contributed by atoms with E-state index in [9.17, 15) is 8.42 Å². The first-order chi connectivity index (χ1) is 10.9. The van der Waals surface area contributed by atoms with Gasteiger partial charge in [0.15, 0.2) is 0 Å². The van der Waals surface area contributed by atoms with Gasteiger partial charge in [0.05, 0.1) is 9.79 Å². The Morgan fingerprint density at radius 1 is 1.22 bits per heavy atom. The molecule has 0 unspecified atom stereocenters. The van der Waals surface area contributed by atoms with Gasteiger partial charge in [-0.3, -0.25) is 0 Å². The van der Waals surface area contributed by atoms with Gasteiger partial charge in [0.1, 0.15) is 11.7 Å². The number of fused-ring (bicyclic) bond motifs is 1. The largest absolute Gasteiger partial charge is 0.481 e. The molecular weight excluding hydrogens is 330 g/mol. The molecule has 6 heteroatoms. The van der Waals surface area contributed by atoms with Crippen LogP contribution in [0.25, 0.3) is 0 Å². The van der Waals surface area contributed by atoms with Gasteiger partial charge >= 0.3 is 0 Å². The van der Waals surface area contributed by atoms with Crippen LogP contribution < -0.4 is 9.46 Å². The van der Waals surface area contributed by atoms with E-state index in [4.69, 9.17) is 4.74 Å². The van der Waals surface area contributed by atoms with E-state index in [1.165, 1.54) is 0 Å². The Morgan fingerprint density at radius 2 is 1.96 bits per heavy atom. The Balaban J connectivity index is 1.69. The molecule has 0 saturated carbocycles. The first kappa shape index (κ1) is 16.4. The first-order valence-corrected chi connectivity index (χ1v) is 9.88. The van der Waals surface area contributed by atoms with Gasteiger partial charge in [-0.15, -0.1) is 0 Å². The van der Waals surface area contributed by atoms with Gasteiger partial charge in [0, 0.05) is 6.04 Å². The van der Waals surface area contributed by atoms with E-state index in [0.29, 0.717) is 17.3 Å². The predicted octanol–water partition coefficient (Wildman–Crippen LogP) is 3.35. The minimum absolute atomic E-state index is 0.188. The van der Waals surface area contributed by atoms with E-state index >= 15 is 0 Å². The van der Waals surface area contributed by atoms with Crippen LogP contribution in [-0.4, -0.2) is 20.4 Å². The number of thioether (sulfide) groups is 1. The van der Waals surface area contributed by atoms with Crippen LogP contribution in [0.4, 0.5) is 0 Å². The van der Waals surface area contributed by atoms with Crippen molar-refractivity contribution in [2.24, 2.45) is 0 Å². The zero-order chi connectivity index (χ0) is 16.4. The van der Waals surface area contributed by atoms with Gasteiger partial charge in [-0.2, -0.15) is 0 Å². The fourth-order valence-electron chi connectivity index (χ4n) is 2.51. The molecule has 0 spiro atoms. The molecule has 3 rings (SSSR count). The Hall–Kier alpha value is -1.50. The summed E-state index contributed by atoms with van der Waals surface area (Å²) in [6.45, 7) is 3.81. The molecule has 1 N–H and O–H groups in total. The summed E-state index contributed by atoms with van der Waals surface area (Å²) >= 11 is 1.66. The predicted molar refractivity (Wildman–Crippen MR) is 92.5 cm³/mol. The van der Waals surface area contributed by atoms with Crippen LogP contribution >= 0.6 is 11.8 Å². The number of aryl methyl sites for hydroxylation is 1. The van der Waals surface area contributed by atoms with Gasteiger partial charge in [-0.25, -0.2) is 13.1 Å². The van der Waals surface area contributed by atoms with Crippen molar-refractivity contribution >= 4 is 21.8 Å². The molecule has 0 bridgehead atoms. The molecule has 0 aromatic heterocycles. The molecule has 122 valence electrons. The number of benzene rings is 2. The summed E-state index contributed by atoms with van der Waals surface area (Å²) in [5.41, 5.74) is 2.13. The molecule has 0 fully saturated rings. The Kier molecular flexibility index (Phi) is 4.66. The number of hydrogen-bond acceptors (Lipinski definition) is 4. The third kappa shape index (κ3) is 3.88. The molecule has 2 aromatic carbocycles. The number of hydrogen-bond donors (Lipinski definition) is 1. The Bertz CT molecular complexity index is 801. The van der Waals surface area contributed by atoms with E-state index in [-0.39, 0.29) is 6.04 Å². The molecule has 0 radical (unpaired) electrons. The molecule has 4 nitrogen and oxygen atoms in total. The molecule has 1 aliphatic rings. The normalized spacial score (nSPS) is 15.0. The van der Waals surface area contributed by atoms with E-state index < -0.39 is 10.0 Å². The minimum atomic E-state index is -3.49. The lowest BCUT2D eigenvalue weighted by atomic mass is 10.1. The molecule has 0 saturated heterocycles. The Labute approximate surface area is 141 Å². The van der Waals surface area contributed by atoms with Crippen molar-refractivity contribution in [2.75, 3.05) is 5.94 Å². The average molecular weight is 349 g/mol. The second-order valence-corrected chi connectivity index (χ2v) is 8.41. The molecule has 0 amide bonds. The first-order valence-electron chi connectivity index (χ1n) is 7.41. The summed E-state index contributed by atoms with van der Waals surface area (Å²) in [6.07, 6.45) is 0.638. The molecule has 2 aromatic rings. The lowest BCUT2D eigenvalue weighted by molar-refractivity contribution is 0.397. The third-order valence-electron chi connectivity index (χ3n) is 3.67. The summed E-state index contributed by atoms with van der Waals surface area (Å²) in [4.78, 5) is 1.42. The summed E-state index contributed by atoms with van der Waals surface area (Å²) in [6, 6.07) is 12.7. The minimum Gasteiger partial charge on any atom is -0.481 e. The van der Waals surface area contributed by atoms with Crippen LogP contribution in [0, 0.1) is 6.92 Å². The van der Waals surface area contributed by atoms with Crippen molar-refractivity contribution in [1.82, 2.24) is 4.72 Å². The number of rotatable bonds is 5. The maximum absolute atomic E-state index is 12.4.